The molecule has 22 heavy (non-hydrogen) atoms. The Labute approximate surface area is 130 Å². The Hall–Kier alpha value is -2.73. The van der Waals surface area contributed by atoms with E-state index in [1.165, 1.54) is 17.4 Å². The Bertz CT molecular complexity index is 793. The zero-order valence-corrected chi connectivity index (χ0v) is 12.5. The number of carbonyl (C=O) groups excluding carboxylic acids is 3. The third kappa shape index (κ3) is 2.56. The molecule has 1 aromatic heterocycles. The number of aryl methyl sites for hydroxylation is 1. The molecule has 2 aromatic rings. The molecule has 1 aliphatic rings. The Morgan fingerprint density at radius 1 is 1.05 bits per heavy atom. The fraction of sp³-hybridized carbons (Fsp3) is 0.0625. The number of carbonyl (C=O) groups is 3. The number of nitrogens with zero attached hydrogens (tertiary/aromatic N) is 1. The van der Waals surface area contributed by atoms with E-state index in [1.54, 1.807) is 30.3 Å². The van der Waals surface area contributed by atoms with Crippen LogP contribution in [-0.4, -0.2) is 17.8 Å². The van der Waals surface area contributed by atoms with Gasteiger partial charge in [-0.1, -0.05) is 18.2 Å². The number of amides is 4. The molecule has 0 unspecified atom stereocenters. The van der Waals surface area contributed by atoms with Gasteiger partial charge in [-0.05, 0) is 37.3 Å². The lowest BCUT2D eigenvalue weighted by atomic mass is 10.1. The molecule has 0 spiro atoms. The van der Waals surface area contributed by atoms with Crippen LogP contribution in [-0.2, 0) is 9.59 Å². The highest BCUT2D eigenvalue weighted by atomic mass is 32.1. The minimum atomic E-state index is -0.735. The number of urea groups is 1. The van der Waals surface area contributed by atoms with Crippen molar-refractivity contribution in [1.82, 2.24) is 5.32 Å². The summed E-state index contributed by atoms with van der Waals surface area (Å²) in [5.41, 5.74) is 0.371. The molecule has 3 rings (SSSR count). The highest BCUT2D eigenvalue weighted by molar-refractivity contribution is 7.12. The van der Waals surface area contributed by atoms with Crippen molar-refractivity contribution in [3.63, 3.8) is 0 Å². The number of anilines is 1. The van der Waals surface area contributed by atoms with Crippen molar-refractivity contribution >= 4 is 40.9 Å². The van der Waals surface area contributed by atoms with Crippen LogP contribution in [0.1, 0.15) is 9.75 Å². The van der Waals surface area contributed by atoms with E-state index in [-0.39, 0.29) is 5.57 Å². The van der Waals surface area contributed by atoms with E-state index in [0.717, 1.165) is 14.7 Å². The summed E-state index contributed by atoms with van der Waals surface area (Å²) in [6.45, 7) is 1.94. The lowest BCUT2D eigenvalue weighted by Gasteiger charge is -2.26. The second kappa shape index (κ2) is 5.57. The van der Waals surface area contributed by atoms with E-state index in [1.807, 2.05) is 19.1 Å². The van der Waals surface area contributed by atoms with Crippen LogP contribution in [0.3, 0.4) is 0 Å². The second-order valence-corrected chi connectivity index (χ2v) is 6.06. The van der Waals surface area contributed by atoms with Crippen molar-refractivity contribution in [2.45, 2.75) is 6.92 Å². The Morgan fingerprint density at radius 2 is 1.77 bits per heavy atom. The van der Waals surface area contributed by atoms with Gasteiger partial charge < -0.3 is 0 Å². The first-order chi connectivity index (χ1) is 10.6. The number of imide groups is 2. The zero-order chi connectivity index (χ0) is 15.7. The quantitative estimate of drug-likeness (QED) is 0.685. The summed E-state index contributed by atoms with van der Waals surface area (Å²) >= 11 is 1.47. The first-order valence-corrected chi connectivity index (χ1v) is 7.41. The summed E-state index contributed by atoms with van der Waals surface area (Å²) in [5, 5.41) is 2.20. The van der Waals surface area contributed by atoms with E-state index in [0.29, 0.717) is 5.69 Å². The lowest BCUT2D eigenvalue weighted by Crippen LogP contribution is -2.54. The number of benzene rings is 1. The summed E-state index contributed by atoms with van der Waals surface area (Å²) < 4.78 is 0. The molecule has 1 N–H and O–H groups in total. The average molecular weight is 312 g/mol. The minimum absolute atomic E-state index is 0.0506. The zero-order valence-electron chi connectivity index (χ0n) is 11.7. The highest BCUT2D eigenvalue weighted by Crippen LogP contribution is 2.23. The van der Waals surface area contributed by atoms with Crippen molar-refractivity contribution in [2.24, 2.45) is 0 Å². The van der Waals surface area contributed by atoms with Gasteiger partial charge in [0.2, 0.25) is 0 Å². The van der Waals surface area contributed by atoms with Gasteiger partial charge in [-0.2, -0.15) is 0 Å². The van der Waals surface area contributed by atoms with E-state index in [4.69, 9.17) is 0 Å². The Morgan fingerprint density at radius 3 is 2.41 bits per heavy atom. The Balaban J connectivity index is 2.01. The van der Waals surface area contributed by atoms with Gasteiger partial charge in [0.05, 0.1) is 5.69 Å². The fourth-order valence-electron chi connectivity index (χ4n) is 2.14. The van der Waals surface area contributed by atoms with Crippen molar-refractivity contribution in [3.8, 4) is 0 Å². The highest BCUT2D eigenvalue weighted by Gasteiger charge is 2.36. The molecule has 1 aliphatic heterocycles. The molecule has 5 nitrogen and oxygen atoms in total. The third-order valence-electron chi connectivity index (χ3n) is 3.16. The van der Waals surface area contributed by atoms with Crippen LogP contribution in [0.5, 0.6) is 0 Å². The molecule has 0 bridgehead atoms. The van der Waals surface area contributed by atoms with Gasteiger partial charge in [-0.25, -0.2) is 9.69 Å². The smallest absolute Gasteiger partial charge is 0.273 e. The molecule has 6 heteroatoms. The summed E-state index contributed by atoms with van der Waals surface area (Å²) in [4.78, 5) is 39.3. The van der Waals surface area contributed by atoms with Crippen LogP contribution in [0.4, 0.5) is 10.5 Å². The van der Waals surface area contributed by atoms with E-state index in [9.17, 15) is 14.4 Å². The van der Waals surface area contributed by atoms with Gasteiger partial charge in [-0.15, -0.1) is 11.3 Å². The molecular weight excluding hydrogens is 300 g/mol. The largest absolute Gasteiger partial charge is 0.335 e. The predicted octanol–water partition coefficient (Wildman–Crippen LogP) is 2.72. The molecular formula is C16H12N2O3S. The predicted molar refractivity (Wildman–Crippen MR) is 84.5 cm³/mol. The van der Waals surface area contributed by atoms with Gasteiger partial charge in [0.15, 0.2) is 0 Å². The molecule has 1 aromatic carbocycles. The number of hydrogen-bond acceptors (Lipinski definition) is 4. The van der Waals surface area contributed by atoms with Gasteiger partial charge in [0, 0.05) is 9.75 Å². The van der Waals surface area contributed by atoms with Crippen LogP contribution < -0.4 is 10.2 Å². The number of barbiturate groups is 1. The summed E-state index contributed by atoms with van der Waals surface area (Å²) in [6, 6.07) is 11.5. The Kier molecular flexibility index (Phi) is 3.60. The van der Waals surface area contributed by atoms with Gasteiger partial charge in [0.25, 0.3) is 11.8 Å². The summed E-state index contributed by atoms with van der Waals surface area (Å²) in [6.07, 6.45) is 1.51. The standard InChI is InChI=1S/C16H12N2O3S/c1-10-7-8-12(22-10)9-13-14(19)17-16(21)18(15(13)20)11-5-3-2-4-6-11/h2-9H,1H3,(H,17,19,21). The van der Waals surface area contributed by atoms with E-state index in [2.05, 4.69) is 5.32 Å². The molecule has 0 radical (unpaired) electrons. The lowest BCUT2D eigenvalue weighted by molar-refractivity contribution is -0.122. The van der Waals surface area contributed by atoms with Crippen molar-refractivity contribution in [2.75, 3.05) is 4.90 Å². The molecule has 1 saturated heterocycles. The van der Waals surface area contributed by atoms with E-state index >= 15 is 0 Å². The topological polar surface area (TPSA) is 66.5 Å². The maximum atomic E-state index is 12.5. The van der Waals surface area contributed by atoms with Crippen molar-refractivity contribution < 1.29 is 14.4 Å². The molecule has 110 valence electrons. The summed E-state index contributed by atoms with van der Waals surface area (Å²) in [5.74, 6) is -1.29. The maximum absolute atomic E-state index is 12.5. The molecule has 4 amide bonds. The van der Waals surface area contributed by atoms with Crippen LogP contribution in [0, 0.1) is 6.92 Å². The fourth-order valence-corrected chi connectivity index (χ4v) is 2.96. The molecule has 0 aliphatic carbocycles. The molecule has 0 atom stereocenters. The monoisotopic (exact) mass is 312 g/mol. The number of thiophene rings is 1. The minimum Gasteiger partial charge on any atom is -0.273 e. The summed E-state index contributed by atoms with van der Waals surface area (Å²) in [7, 11) is 0. The van der Waals surface area contributed by atoms with Crippen molar-refractivity contribution in [3.05, 3.63) is 57.8 Å². The van der Waals surface area contributed by atoms with Gasteiger partial charge in [-0.3, -0.25) is 14.9 Å². The van der Waals surface area contributed by atoms with Gasteiger partial charge in [0.1, 0.15) is 5.57 Å². The van der Waals surface area contributed by atoms with Crippen molar-refractivity contribution in [1.29, 1.82) is 0 Å². The van der Waals surface area contributed by atoms with Crippen LogP contribution in [0.15, 0.2) is 48.0 Å². The third-order valence-corrected chi connectivity index (χ3v) is 4.11. The van der Waals surface area contributed by atoms with Crippen LogP contribution >= 0.6 is 11.3 Å². The maximum Gasteiger partial charge on any atom is 0.335 e. The number of hydrogen-bond donors (Lipinski definition) is 1. The first-order valence-electron chi connectivity index (χ1n) is 6.59. The molecule has 2 heterocycles. The molecule has 1 fully saturated rings. The van der Waals surface area contributed by atoms with Gasteiger partial charge >= 0.3 is 6.03 Å². The number of nitrogens with one attached hydrogen (secondary N) is 1. The normalized spacial score (nSPS) is 17.0. The first kappa shape index (κ1) is 14.2. The molecule has 0 saturated carbocycles. The average Bonchev–Trinajstić information content (AvgIpc) is 2.90. The SMILES string of the molecule is Cc1ccc(C=C2C(=O)NC(=O)N(c3ccccc3)C2=O)s1. The second-order valence-electron chi connectivity index (χ2n) is 4.74. The van der Waals surface area contributed by atoms with Crippen LogP contribution in [0.2, 0.25) is 0 Å². The van der Waals surface area contributed by atoms with E-state index < -0.39 is 17.8 Å². The number of rotatable bonds is 2. The van der Waals surface area contributed by atoms with Crippen LogP contribution in [0.25, 0.3) is 6.08 Å². The number of para-hydroxylation sites is 1.